The molecule has 0 spiro atoms. The summed E-state index contributed by atoms with van der Waals surface area (Å²) in [5.74, 6) is -1.40. The summed E-state index contributed by atoms with van der Waals surface area (Å²) >= 11 is 17.8. The van der Waals surface area contributed by atoms with E-state index in [9.17, 15) is 18.0 Å². The number of carbonyl (C=O) groups is 1. The highest BCUT2D eigenvalue weighted by atomic mass is 35.5. The monoisotopic (exact) mass is 383 g/mol. The van der Waals surface area contributed by atoms with Crippen molar-refractivity contribution >= 4 is 40.8 Å². The van der Waals surface area contributed by atoms with E-state index >= 15 is 0 Å². The second-order valence-electron chi connectivity index (χ2n) is 4.54. The SMILES string of the molecule is O=C(O)Cc1cc(-c2c(Cl)cc(Cl)cc2Cl)ncc1C(F)(F)F. The predicted molar refractivity (Wildman–Crippen MR) is 81.0 cm³/mol. The zero-order valence-electron chi connectivity index (χ0n) is 11.1. The molecule has 2 rings (SSSR count). The van der Waals surface area contributed by atoms with E-state index in [1.54, 1.807) is 0 Å². The van der Waals surface area contributed by atoms with E-state index < -0.39 is 29.7 Å². The minimum absolute atomic E-state index is 0.0286. The lowest BCUT2D eigenvalue weighted by molar-refractivity contribution is -0.139. The Balaban J connectivity index is 2.65. The van der Waals surface area contributed by atoms with Gasteiger partial charge in [0.05, 0.1) is 27.7 Å². The Hall–Kier alpha value is -1.50. The third-order valence-corrected chi connectivity index (χ3v) is 3.71. The zero-order chi connectivity index (χ0) is 17.4. The van der Waals surface area contributed by atoms with Crippen LogP contribution in [0.4, 0.5) is 13.2 Å². The molecule has 1 aromatic heterocycles. The van der Waals surface area contributed by atoms with Crippen LogP contribution in [0.25, 0.3) is 11.3 Å². The maximum absolute atomic E-state index is 12.9. The Kier molecular flexibility index (Phi) is 5.08. The summed E-state index contributed by atoms with van der Waals surface area (Å²) < 4.78 is 38.8. The molecule has 0 fully saturated rings. The number of halogens is 6. The maximum Gasteiger partial charge on any atom is 0.418 e. The lowest BCUT2D eigenvalue weighted by atomic mass is 10.0. The molecular formula is C14H7Cl3F3NO2. The highest BCUT2D eigenvalue weighted by Crippen LogP contribution is 2.39. The zero-order valence-corrected chi connectivity index (χ0v) is 13.4. The maximum atomic E-state index is 12.9. The van der Waals surface area contributed by atoms with Gasteiger partial charge >= 0.3 is 12.1 Å². The number of aliphatic carboxylic acids is 1. The Morgan fingerprint density at radius 1 is 1.13 bits per heavy atom. The minimum Gasteiger partial charge on any atom is -0.481 e. The smallest absolute Gasteiger partial charge is 0.418 e. The fraction of sp³-hybridized carbons (Fsp3) is 0.143. The fourth-order valence-electron chi connectivity index (χ4n) is 1.99. The van der Waals surface area contributed by atoms with Gasteiger partial charge in [-0.3, -0.25) is 9.78 Å². The van der Waals surface area contributed by atoms with Gasteiger partial charge in [-0.25, -0.2) is 0 Å². The molecule has 122 valence electrons. The first-order chi connectivity index (χ1) is 10.6. The molecule has 1 aromatic carbocycles. The van der Waals surface area contributed by atoms with Crippen molar-refractivity contribution in [3.63, 3.8) is 0 Å². The second kappa shape index (κ2) is 6.55. The van der Waals surface area contributed by atoms with Crippen molar-refractivity contribution in [1.82, 2.24) is 4.98 Å². The normalized spacial score (nSPS) is 11.6. The van der Waals surface area contributed by atoms with Crippen LogP contribution < -0.4 is 0 Å². The number of hydrogen-bond donors (Lipinski definition) is 1. The molecule has 1 N–H and O–H groups in total. The molecule has 23 heavy (non-hydrogen) atoms. The van der Waals surface area contributed by atoms with Gasteiger partial charge in [0.25, 0.3) is 0 Å². The van der Waals surface area contributed by atoms with Gasteiger partial charge in [0.1, 0.15) is 0 Å². The summed E-state index contributed by atoms with van der Waals surface area (Å²) in [5, 5.41) is 9.25. The van der Waals surface area contributed by atoms with Crippen LogP contribution in [-0.2, 0) is 17.4 Å². The quantitative estimate of drug-likeness (QED) is 0.775. The first-order valence-electron chi connectivity index (χ1n) is 6.02. The lowest BCUT2D eigenvalue weighted by Gasteiger charge is -2.14. The Morgan fingerprint density at radius 3 is 2.17 bits per heavy atom. The second-order valence-corrected chi connectivity index (χ2v) is 5.79. The fourth-order valence-corrected chi connectivity index (χ4v) is 3.00. The summed E-state index contributed by atoms with van der Waals surface area (Å²) in [4.78, 5) is 14.5. The van der Waals surface area contributed by atoms with Crippen LogP contribution in [0.15, 0.2) is 24.4 Å². The molecule has 0 bridgehead atoms. The summed E-state index contributed by atoms with van der Waals surface area (Å²) in [6.07, 6.45) is -4.97. The van der Waals surface area contributed by atoms with Crippen LogP contribution >= 0.6 is 34.8 Å². The molecule has 9 heteroatoms. The van der Waals surface area contributed by atoms with Crippen molar-refractivity contribution in [2.24, 2.45) is 0 Å². The Labute approximate surface area is 143 Å². The summed E-state index contributed by atoms with van der Waals surface area (Å²) in [7, 11) is 0. The number of rotatable bonds is 3. The Bertz CT molecular complexity index is 755. The van der Waals surface area contributed by atoms with Crippen molar-refractivity contribution in [3.8, 4) is 11.3 Å². The molecule has 0 aliphatic rings. The van der Waals surface area contributed by atoms with Gasteiger partial charge in [-0.05, 0) is 23.8 Å². The van der Waals surface area contributed by atoms with Crippen LogP contribution in [0, 0.1) is 0 Å². The van der Waals surface area contributed by atoms with Gasteiger partial charge in [-0.1, -0.05) is 34.8 Å². The van der Waals surface area contributed by atoms with Gasteiger partial charge in [-0.2, -0.15) is 13.2 Å². The van der Waals surface area contributed by atoms with Gasteiger partial charge in [0.2, 0.25) is 0 Å². The van der Waals surface area contributed by atoms with Crippen molar-refractivity contribution in [1.29, 1.82) is 0 Å². The first-order valence-corrected chi connectivity index (χ1v) is 7.16. The van der Waals surface area contributed by atoms with Crippen molar-refractivity contribution in [3.05, 3.63) is 50.6 Å². The van der Waals surface area contributed by atoms with Crippen molar-refractivity contribution < 1.29 is 23.1 Å². The number of carboxylic acids is 1. The molecular weight excluding hydrogens is 378 g/mol. The van der Waals surface area contributed by atoms with E-state index in [2.05, 4.69) is 4.98 Å². The number of aromatic nitrogens is 1. The standard InChI is InChI=1S/C14H7Cl3F3NO2/c15-7-3-9(16)13(10(17)4-7)11-1-6(2-12(22)23)8(5-21-11)14(18,19)20/h1,3-5H,2H2,(H,22,23). The molecule has 2 aromatic rings. The molecule has 1 heterocycles. The molecule has 0 aliphatic carbocycles. The van der Waals surface area contributed by atoms with E-state index in [1.165, 1.54) is 12.1 Å². The summed E-state index contributed by atoms with van der Waals surface area (Å²) in [6.45, 7) is 0. The average Bonchev–Trinajstić information content (AvgIpc) is 2.35. The third kappa shape index (κ3) is 4.07. The summed E-state index contributed by atoms with van der Waals surface area (Å²) in [5.41, 5.74) is -1.35. The van der Waals surface area contributed by atoms with Gasteiger partial charge < -0.3 is 5.11 Å². The molecule has 0 aliphatic heterocycles. The third-order valence-electron chi connectivity index (χ3n) is 2.90. The topological polar surface area (TPSA) is 50.2 Å². The van der Waals surface area contributed by atoms with Crippen LogP contribution in [0.1, 0.15) is 11.1 Å². The summed E-state index contributed by atoms with van der Waals surface area (Å²) in [6, 6.07) is 3.74. The first kappa shape index (κ1) is 17.8. The largest absolute Gasteiger partial charge is 0.481 e. The number of pyridine rings is 1. The molecule has 0 saturated carbocycles. The Morgan fingerprint density at radius 2 is 1.70 bits per heavy atom. The van der Waals surface area contributed by atoms with E-state index in [-0.39, 0.29) is 26.3 Å². The molecule has 0 amide bonds. The molecule has 0 unspecified atom stereocenters. The number of hydrogen-bond acceptors (Lipinski definition) is 2. The van der Waals surface area contributed by atoms with Crippen LogP contribution in [-0.4, -0.2) is 16.1 Å². The van der Waals surface area contributed by atoms with E-state index in [0.717, 1.165) is 6.07 Å². The highest BCUT2D eigenvalue weighted by Gasteiger charge is 2.34. The van der Waals surface area contributed by atoms with Gasteiger partial charge in [0, 0.05) is 16.8 Å². The molecule has 3 nitrogen and oxygen atoms in total. The van der Waals surface area contributed by atoms with Crippen molar-refractivity contribution in [2.75, 3.05) is 0 Å². The van der Waals surface area contributed by atoms with Crippen LogP contribution in [0.2, 0.25) is 15.1 Å². The average molecular weight is 385 g/mol. The van der Waals surface area contributed by atoms with Gasteiger partial charge in [0.15, 0.2) is 0 Å². The minimum atomic E-state index is -4.72. The number of benzene rings is 1. The molecule has 0 atom stereocenters. The number of carboxylic acid groups (broad SMARTS) is 1. The molecule has 0 radical (unpaired) electrons. The van der Waals surface area contributed by atoms with Crippen molar-refractivity contribution in [2.45, 2.75) is 12.6 Å². The van der Waals surface area contributed by atoms with E-state index in [4.69, 9.17) is 39.9 Å². The predicted octanol–water partition coefficient (Wildman–Crippen LogP) is 5.35. The van der Waals surface area contributed by atoms with E-state index in [1.807, 2.05) is 0 Å². The van der Waals surface area contributed by atoms with E-state index in [0.29, 0.717) is 6.20 Å². The van der Waals surface area contributed by atoms with Gasteiger partial charge in [-0.15, -0.1) is 0 Å². The lowest BCUT2D eigenvalue weighted by Crippen LogP contribution is -2.13. The molecule has 0 saturated heterocycles. The number of nitrogens with zero attached hydrogens (tertiary/aromatic N) is 1. The van der Waals surface area contributed by atoms with Crippen LogP contribution in [0.5, 0.6) is 0 Å². The number of alkyl halides is 3. The highest BCUT2D eigenvalue weighted by molar-refractivity contribution is 6.41. The van der Waals surface area contributed by atoms with Crippen LogP contribution in [0.3, 0.4) is 0 Å².